The highest BCUT2D eigenvalue weighted by Crippen LogP contribution is 2.14. The molecule has 2 rings (SSSR count). The largest absolute Gasteiger partial charge is 0.497 e. The van der Waals surface area contributed by atoms with Crippen LogP contribution < -0.4 is 15.4 Å². The number of hydrogen-bond donors (Lipinski definition) is 2. The molecule has 0 radical (unpaired) electrons. The molecule has 6 nitrogen and oxygen atoms in total. The van der Waals surface area contributed by atoms with E-state index >= 15 is 0 Å². The van der Waals surface area contributed by atoms with Gasteiger partial charge in [0.1, 0.15) is 5.75 Å². The van der Waals surface area contributed by atoms with Crippen LogP contribution in [0.15, 0.2) is 54.6 Å². The first-order valence-electron chi connectivity index (χ1n) is 8.57. The van der Waals surface area contributed by atoms with Crippen LogP contribution in [0.25, 0.3) is 0 Å². The number of benzene rings is 2. The number of anilines is 1. The molecule has 0 aliphatic carbocycles. The molecular formula is C20H25N3O3. The summed E-state index contributed by atoms with van der Waals surface area (Å²) in [6, 6.07) is 16.8. The molecule has 2 aromatic rings. The number of methoxy groups -OCH3 is 1. The van der Waals surface area contributed by atoms with Gasteiger partial charge in [-0.1, -0.05) is 37.3 Å². The molecule has 0 aromatic heterocycles. The van der Waals surface area contributed by atoms with Crippen molar-refractivity contribution >= 4 is 17.5 Å². The number of nitrogens with one attached hydrogen (secondary N) is 2. The Bertz CT molecular complexity index is 702. The van der Waals surface area contributed by atoms with Crippen LogP contribution in [0.5, 0.6) is 5.75 Å². The molecule has 2 amide bonds. The van der Waals surface area contributed by atoms with Gasteiger partial charge in [0, 0.05) is 12.2 Å². The van der Waals surface area contributed by atoms with E-state index in [9.17, 15) is 9.59 Å². The first-order valence-corrected chi connectivity index (χ1v) is 8.57. The van der Waals surface area contributed by atoms with Crippen LogP contribution in [-0.2, 0) is 16.1 Å². The molecule has 0 unspecified atom stereocenters. The van der Waals surface area contributed by atoms with Gasteiger partial charge in [-0.05, 0) is 36.4 Å². The zero-order chi connectivity index (χ0) is 18.8. The Balaban J connectivity index is 1.77. The molecule has 0 atom stereocenters. The highest BCUT2D eigenvalue weighted by atomic mass is 16.5. The summed E-state index contributed by atoms with van der Waals surface area (Å²) < 4.78 is 5.09. The van der Waals surface area contributed by atoms with Gasteiger partial charge < -0.3 is 15.4 Å². The van der Waals surface area contributed by atoms with Crippen LogP contribution in [-0.4, -0.2) is 43.5 Å². The first-order chi connectivity index (χ1) is 12.6. The van der Waals surface area contributed by atoms with Crippen LogP contribution in [0.2, 0.25) is 0 Å². The molecule has 6 heteroatoms. The highest BCUT2D eigenvalue weighted by Gasteiger charge is 2.13. The monoisotopic (exact) mass is 355 g/mol. The normalized spacial score (nSPS) is 10.4. The second-order valence-electron chi connectivity index (χ2n) is 5.84. The van der Waals surface area contributed by atoms with Crippen molar-refractivity contribution in [1.29, 1.82) is 0 Å². The third-order valence-corrected chi connectivity index (χ3v) is 3.89. The maximum Gasteiger partial charge on any atom is 0.238 e. The van der Waals surface area contributed by atoms with Crippen molar-refractivity contribution in [2.45, 2.75) is 13.5 Å². The quantitative estimate of drug-likeness (QED) is 0.724. The number of amides is 2. The Kier molecular flexibility index (Phi) is 7.64. The number of hydrogen-bond acceptors (Lipinski definition) is 4. The lowest BCUT2D eigenvalue weighted by molar-refractivity contribution is -0.123. The Labute approximate surface area is 154 Å². The Hall–Kier alpha value is -2.86. The van der Waals surface area contributed by atoms with Crippen molar-refractivity contribution < 1.29 is 14.3 Å². The zero-order valence-electron chi connectivity index (χ0n) is 15.2. The molecule has 0 aliphatic heterocycles. The number of carbonyl (C=O) groups is 2. The second kappa shape index (κ2) is 10.2. The van der Waals surface area contributed by atoms with E-state index < -0.39 is 0 Å². The van der Waals surface area contributed by atoms with Crippen LogP contribution in [0.1, 0.15) is 12.5 Å². The van der Waals surface area contributed by atoms with Gasteiger partial charge in [0.25, 0.3) is 0 Å². The van der Waals surface area contributed by atoms with Crippen molar-refractivity contribution in [3.63, 3.8) is 0 Å². The predicted octanol–water partition coefficient (Wildman–Crippen LogP) is 2.27. The summed E-state index contributed by atoms with van der Waals surface area (Å²) in [5.41, 5.74) is 1.74. The van der Waals surface area contributed by atoms with Crippen molar-refractivity contribution in [1.82, 2.24) is 10.2 Å². The van der Waals surface area contributed by atoms with Gasteiger partial charge in [-0.2, -0.15) is 0 Å². The third kappa shape index (κ3) is 6.57. The lowest BCUT2D eigenvalue weighted by atomic mass is 10.2. The molecule has 138 valence electrons. The molecule has 0 saturated carbocycles. The van der Waals surface area contributed by atoms with E-state index in [4.69, 9.17) is 4.74 Å². The van der Waals surface area contributed by atoms with Gasteiger partial charge >= 0.3 is 0 Å². The van der Waals surface area contributed by atoms with E-state index in [1.165, 1.54) is 0 Å². The van der Waals surface area contributed by atoms with Gasteiger partial charge in [0.2, 0.25) is 11.8 Å². The predicted molar refractivity (Wildman–Crippen MR) is 102 cm³/mol. The molecule has 0 aliphatic rings. The van der Waals surface area contributed by atoms with Crippen LogP contribution in [0.3, 0.4) is 0 Å². The van der Waals surface area contributed by atoms with E-state index in [1.807, 2.05) is 37.3 Å². The molecule has 0 saturated heterocycles. The number of nitrogens with zero attached hydrogens (tertiary/aromatic N) is 1. The summed E-state index contributed by atoms with van der Waals surface area (Å²) in [4.78, 5) is 26.1. The van der Waals surface area contributed by atoms with E-state index in [1.54, 1.807) is 36.3 Å². The van der Waals surface area contributed by atoms with Crippen LogP contribution >= 0.6 is 0 Å². The van der Waals surface area contributed by atoms with Gasteiger partial charge in [-0.3, -0.25) is 14.5 Å². The summed E-state index contributed by atoms with van der Waals surface area (Å²) in [5, 5.41) is 5.69. The number of rotatable bonds is 9. The fourth-order valence-electron chi connectivity index (χ4n) is 2.41. The maximum absolute atomic E-state index is 12.2. The van der Waals surface area contributed by atoms with E-state index in [2.05, 4.69) is 10.6 Å². The summed E-state index contributed by atoms with van der Waals surface area (Å²) in [7, 11) is 1.59. The Morgan fingerprint density at radius 3 is 2.23 bits per heavy atom. The van der Waals surface area contributed by atoms with Crippen molar-refractivity contribution in [2.24, 2.45) is 0 Å². The average molecular weight is 355 g/mol. The van der Waals surface area contributed by atoms with Crippen molar-refractivity contribution in [2.75, 3.05) is 32.1 Å². The topological polar surface area (TPSA) is 70.7 Å². The fourth-order valence-corrected chi connectivity index (χ4v) is 2.41. The summed E-state index contributed by atoms with van der Waals surface area (Å²) in [6.45, 7) is 3.34. The number of ether oxygens (including phenoxy) is 1. The molecule has 26 heavy (non-hydrogen) atoms. The molecular weight excluding hydrogens is 330 g/mol. The highest BCUT2D eigenvalue weighted by molar-refractivity contribution is 5.92. The minimum absolute atomic E-state index is 0.104. The lowest BCUT2D eigenvalue weighted by Gasteiger charge is -2.19. The summed E-state index contributed by atoms with van der Waals surface area (Å²) >= 11 is 0. The molecule has 0 fully saturated rings. The van der Waals surface area contributed by atoms with Crippen molar-refractivity contribution in [3.05, 3.63) is 60.2 Å². The average Bonchev–Trinajstić information content (AvgIpc) is 2.67. The molecule has 0 spiro atoms. The molecule has 2 aromatic carbocycles. The van der Waals surface area contributed by atoms with Gasteiger partial charge in [0.15, 0.2) is 0 Å². The molecule has 0 heterocycles. The lowest BCUT2D eigenvalue weighted by Crippen LogP contribution is -2.40. The Morgan fingerprint density at radius 1 is 0.962 bits per heavy atom. The van der Waals surface area contributed by atoms with Gasteiger partial charge in [-0.15, -0.1) is 0 Å². The molecule has 0 bridgehead atoms. The first kappa shape index (κ1) is 19.5. The number of carbonyl (C=O) groups excluding carboxylic acids is 2. The third-order valence-electron chi connectivity index (χ3n) is 3.89. The maximum atomic E-state index is 12.2. The second-order valence-corrected chi connectivity index (χ2v) is 5.84. The SMILES string of the molecule is CCN(CC(=O)NCc1ccccc1)CC(=O)Nc1ccc(OC)cc1. The van der Waals surface area contributed by atoms with Gasteiger partial charge in [0.05, 0.1) is 20.2 Å². The minimum Gasteiger partial charge on any atom is -0.497 e. The molecule has 2 N–H and O–H groups in total. The zero-order valence-corrected chi connectivity index (χ0v) is 15.2. The minimum atomic E-state index is -0.159. The smallest absolute Gasteiger partial charge is 0.238 e. The van der Waals surface area contributed by atoms with E-state index in [0.717, 1.165) is 11.3 Å². The summed E-state index contributed by atoms with van der Waals surface area (Å²) in [5.74, 6) is 0.467. The van der Waals surface area contributed by atoms with Crippen molar-refractivity contribution in [3.8, 4) is 5.75 Å². The summed E-state index contributed by atoms with van der Waals surface area (Å²) in [6.07, 6.45) is 0. The van der Waals surface area contributed by atoms with E-state index in [-0.39, 0.29) is 24.9 Å². The number of likely N-dealkylation sites (N-methyl/N-ethyl adjacent to an activating group) is 1. The standard InChI is InChI=1S/C20H25N3O3/c1-3-23(14-19(24)21-13-16-7-5-4-6-8-16)15-20(25)22-17-9-11-18(26-2)12-10-17/h4-12H,3,13-15H2,1-2H3,(H,21,24)(H,22,25). The van der Waals surface area contributed by atoms with Gasteiger partial charge in [-0.25, -0.2) is 0 Å². The van der Waals surface area contributed by atoms with Crippen LogP contribution in [0.4, 0.5) is 5.69 Å². The fraction of sp³-hybridized carbons (Fsp3) is 0.300. The Morgan fingerprint density at radius 2 is 1.62 bits per heavy atom. The van der Waals surface area contributed by atoms with E-state index in [0.29, 0.717) is 18.8 Å². The van der Waals surface area contributed by atoms with Crippen LogP contribution in [0, 0.1) is 0 Å².